The number of pyridine rings is 1. The number of carbonyl (C=O) groups excluding carboxylic acids is 1. The zero-order valence-corrected chi connectivity index (χ0v) is 20.6. The molecule has 0 spiro atoms. The van der Waals surface area contributed by atoms with Crippen LogP contribution in [0.4, 0.5) is 0 Å². The van der Waals surface area contributed by atoms with E-state index in [-0.39, 0.29) is 23.3 Å². The summed E-state index contributed by atoms with van der Waals surface area (Å²) in [6.07, 6.45) is 1.26. The first-order valence-electron chi connectivity index (χ1n) is 11.1. The summed E-state index contributed by atoms with van der Waals surface area (Å²) < 4.78 is 30.3. The third kappa shape index (κ3) is 4.86. The van der Waals surface area contributed by atoms with Crippen LogP contribution in [0.1, 0.15) is 54.1 Å². The van der Waals surface area contributed by atoms with E-state index in [9.17, 15) is 18.0 Å². The van der Waals surface area contributed by atoms with E-state index in [1.165, 1.54) is 27.2 Å². The van der Waals surface area contributed by atoms with Crippen LogP contribution in [-0.4, -0.2) is 40.7 Å². The van der Waals surface area contributed by atoms with Gasteiger partial charge in [0, 0.05) is 42.3 Å². The fourth-order valence-corrected chi connectivity index (χ4v) is 5.75. The van der Waals surface area contributed by atoms with Crippen LogP contribution in [-0.2, 0) is 16.6 Å². The molecule has 0 unspecified atom stereocenters. The summed E-state index contributed by atoms with van der Waals surface area (Å²) in [5, 5.41) is 0. The highest BCUT2D eigenvalue weighted by molar-refractivity contribution is 7.89. The Morgan fingerprint density at radius 3 is 2.27 bits per heavy atom. The van der Waals surface area contributed by atoms with Gasteiger partial charge in [0.25, 0.3) is 5.56 Å². The Bertz CT molecular complexity index is 1300. The summed E-state index contributed by atoms with van der Waals surface area (Å²) in [4.78, 5) is 25.6. The van der Waals surface area contributed by atoms with Crippen LogP contribution in [0.25, 0.3) is 0 Å². The molecule has 0 aliphatic heterocycles. The Kier molecular flexibility index (Phi) is 7.39. The summed E-state index contributed by atoms with van der Waals surface area (Å²) in [5.74, 6) is -0.242. The number of ketones is 1. The smallest absolute Gasteiger partial charge is 0.251 e. The lowest BCUT2D eigenvalue weighted by atomic mass is 10.1. The van der Waals surface area contributed by atoms with Gasteiger partial charge in [-0.3, -0.25) is 9.59 Å². The first-order chi connectivity index (χ1) is 15.6. The maximum atomic E-state index is 13.2. The number of aromatic nitrogens is 2. The Balaban J connectivity index is 1.94. The summed E-state index contributed by atoms with van der Waals surface area (Å²) in [7, 11) is -3.74. The molecule has 7 nitrogen and oxygen atoms in total. The van der Waals surface area contributed by atoms with Crippen molar-refractivity contribution in [3.05, 3.63) is 87.6 Å². The third-order valence-electron chi connectivity index (χ3n) is 6.07. The van der Waals surface area contributed by atoms with E-state index < -0.39 is 15.6 Å². The molecule has 0 radical (unpaired) electrons. The van der Waals surface area contributed by atoms with Crippen LogP contribution in [0.5, 0.6) is 0 Å². The molecular weight excluding hydrogens is 438 g/mol. The van der Waals surface area contributed by atoms with Crippen molar-refractivity contribution in [2.45, 2.75) is 52.1 Å². The molecule has 8 heteroatoms. The standard InChI is InChI=1S/C25H31N3O4S/c1-6-27(7-2)33(31,32)22-13-14-25(30)26(16-22)17-24(29)23-15-18(3)28(20(23)5)19(4)21-11-9-8-10-12-21/h8-16,19H,6-7,17H2,1-5H3/t19-/m1/s1. The van der Waals surface area contributed by atoms with E-state index in [2.05, 4.69) is 11.5 Å². The minimum Gasteiger partial charge on any atom is -0.341 e. The number of rotatable bonds is 9. The van der Waals surface area contributed by atoms with E-state index in [1.54, 1.807) is 13.8 Å². The number of hydrogen-bond acceptors (Lipinski definition) is 4. The van der Waals surface area contributed by atoms with Crippen molar-refractivity contribution in [3.63, 3.8) is 0 Å². The van der Waals surface area contributed by atoms with E-state index in [1.807, 2.05) is 50.2 Å². The molecule has 176 valence electrons. The van der Waals surface area contributed by atoms with Crippen LogP contribution in [0.15, 0.2) is 64.4 Å². The maximum absolute atomic E-state index is 13.2. The number of nitrogens with zero attached hydrogens (tertiary/aromatic N) is 3. The summed E-state index contributed by atoms with van der Waals surface area (Å²) in [5.41, 5.74) is 2.99. The van der Waals surface area contributed by atoms with Gasteiger partial charge in [0.15, 0.2) is 5.78 Å². The predicted octanol–water partition coefficient (Wildman–Crippen LogP) is 3.79. The molecule has 0 fully saturated rings. The van der Waals surface area contributed by atoms with Gasteiger partial charge >= 0.3 is 0 Å². The van der Waals surface area contributed by atoms with Gasteiger partial charge in [-0.2, -0.15) is 4.31 Å². The van der Waals surface area contributed by atoms with Gasteiger partial charge in [0.1, 0.15) is 0 Å². The molecule has 2 heterocycles. The maximum Gasteiger partial charge on any atom is 0.251 e. The minimum atomic E-state index is -3.74. The summed E-state index contributed by atoms with van der Waals surface area (Å²) >= 11 is 0. The molecular formula is C25H31N3O4S. The molecule has 0 aliphatic rings. The number of benzene rings is 1. The number of hydrogen-bond donors (Lipinski definition) is 0. The van der Waals surface area contributed by atoms with Crippen molar-refractivity contribution in [1.82, 2.24) is 13.4 Å². The van der Waals surface area contributed by atoms with Gasteiger partial charge < -0.3 is 9.13 Å². The molecule has 1 aromatic carbocycles. The van der Waals surface area contributed by atoms with E-state index >= 15 is 0 Å². The average Bonchev–Trinajstić information content (AvgIpc) is 3.09. The Hall–Kier alpha value is -2.97. The zero-order valence-electron chi connectivity index (χ0n) is 19.8. The monoisotopic (exact) mass is 469 g/mol. The second kappa shape index (κ2) is 9.89. The molecule has 3 aromatic rings. The zero-order chi connectivity index (χ0) is 24.3. The first kappa shape index (κ1) is 24.7. The van der Waals surface area contributed by atoms with Crippen molar-refractivity contribution in [2.75, 3.05) is 13.1 Å². The second-order valence-corrected chi connectivity index (χ2v) is 10.0. The fourth-order valence-electron chi connectivity index (χ4n) is 4.27. The topological polar surface area (TPSA) is 81.4 Å². The van der Waals surface area contributed by atoms with Crippen LogP contribution in [0.2, 0.25) is 0 Å². The summed E-state index contributed by atoms with van der Waals surface area (Å²) in [6.45, 7) is 9.85. The van der Waals surface area contributed by atoms with Crippen molar-refractivity contribution in [2.24, 2.45) is 0 Å². The van der Waals surface area contributed by atoms with Gasteiger partial charge in [-0.15, -0.1) is 0 Å². The summed E-state index contributed by atoms with van der Waals surface area (Å²) in [6, 6.07) is 14.4. The second-order valence-electron chi connectivity index (χ2n) is 8.08. The number of aryl methyl sites for hydroxylation is 1. The van der Waals surface area contributed by atoms with E-state index in [0.29, 0.717) is 18.7 Å². The Morgan fingerprint density at radius 2 is 1.67 bits per heavy atom. The molecule has 0 aliphatic carbocycles. The predicted molar refractivity (Wildman–Crippen MR) is 129 cm³/mol. The highest BCUT2D eigenvalue weighted by Gasteiger charge is 2.24. The van der Waals surface area contributed by atoms with Crippen molar-refractivity contribution < 1.29 is 13.2 Å². The molecule has 3 rings (SSSR count). The fraction of sp³-hybridized carbons (Fsp3) is 0.360. The van der Waals surface area contributed by atoms with Gasteiger partial charge in [-0.25, -0.2) is 8.42 Å². The highest BCUT2D eigenvalue weighted by atomic mass is 32.2. The molecule has 2 aromatic heterocycles. The number of sulfonamides is 1. The molecule has 0 saturated carbocycles. The van der Waals surface area contributed by atoms with Crippen molar-refractivity contribution >= 4 is 15.8 Å². The van der Waals surface area contributed by atoms with Crippen LogP contribution < -0.4 is 5.56 Å². The van der Waals surface area contributed by atoms with Gasteiger partial charge in [0.05, 0.1) is 17.5 Å². The van der Waals surface area contributed by atoms with Crippen molar-refractivity contribution in [3.8, 4) is 0 Å². The Morgan fingerprint density at radius 1 is 1.03 bits per heavy atom. The first-order valence-corrected chi connectivity index (χ1v) is 12.5. The van der Waals surface area contributed by atoms with Crippen LogP contribution in [0, 0.1) is 13.8 Å². The quantitative estimate of drug-likeness (QED) is 0.447. The molecule has 0 bridgehead atoms. The lowest BCUT2D eigenvalue weighted by Gasteiger charge is -2.19. The number of carbonyl (C=O) groups is 1. The SMILES string of the molecule is CCN(CC)S(=O)(=O)c1ccc(=O)n(CC(=O)c2cc(C)n([C@H](C)c3ccccc3)c2C)c1. The largest absolute Gasteiger partial charge is 0.341 e. The Labute approximate surface area is 195 Å². The highest BCUT2D eigenvalue weighted by Crippen LogP contribution is 2.26. The van der Waals surface area contributed by atoms with Gasteiger partial charge in [-0.05, 0) is 38.5 Å². The molecule has 0 N–H and O–H groups in total. The van der Waals surface area contributed by atoms with Crippen molar-refractivity contribution in [1.29, 1.82) is 0 Å². The lowest BCUT2D eigenvalue weighted by Crippen LogP contribution is -2.32. The lowest BCUT2D eigenvalue weighted by molar-refractivity contribution is 0.0969. The number of Topliss-reactive ketones (excluding diaryl/α,β-unsaturated/α-hetero) is 1. The average molecular weight is 470 g/mol. The van der Waals surface area contributed by atoms with Crippen LogP contribution >= 0.6 is 0 Å². The molecule has 1 atom stereocenters. The minimum absolute atomic E-state index is 0.00164. The van der Waals surface area contributed by atoms with Gasteiger partial charge in [-0.1, -0.05) is 44.2 Å². The molecule has 0 amide bonds. The molecule has 33 heavy (non-hydrogen) atoms. The molecule has 0 saturated heterocycles. The van der Waals surface area contributed by atoms with E-state index in [0.717, 1.165) is 17.0 Å². The third-order valence-corrected chi connectivity index (χ3v) is 8.10. The van der Waals surface area contributed by atoms with Crippen LogP contribution in [0.3, 0.4) is 0 Å². The van der Waals surface area contributed by atoms with Gasteiger partial charge in [0.2, 0.25) is 10.0 Å². The van der Waals surface area contributed by atoms with E-state index in [4.69, 9.17) is 0 Å². The normalized spacial score (nSPS) is 12.8.